The van der Waals surface area contributed by atoms with Gasteiger partial charge in [0.05, 0.1) is 0 Å². The molecule has 1 atom stereocenters. The van der Waals surface area contributed by atoms with Crippen LogP contribution in [0, 0.1) is 0 Å². The van der Waals surface area contributed by atoms with Crippen LogP contribution < -0.4 is 5.32 Å². The fourth-order valence-corrected chi connectivity index (χ4v) is 2.11. The van der Waals surface area contributed by atoms with Crippen LogP contribution in [0.5, 0.6) is 0 Å². The summed E-state index contributed by atoms with van der Waals surface area (Å²) in [5, 5.41) is 4.81. The third-order valence-electron chi connectivity index (χ3n) is 3.39. The third kappa shape index (κ3) is 2.82. The Labute approximate surface area is 109 Å². The van der Waals surface area contributed by atoms with E-state index in [0.717, 1.165) is 6.54 Å². The van der Waals surface area contributed by atoms with Crippen LogP contribution in [0.15, 0.2) is 36.0 Å². The van der Waals surface area contributed by atoms with E-state index in [4.69, 9.17) is 0 Å². The Morgan fingerprint density at radius 3 is 2.94 bits per heavy atom. The molecular weight excluding hydrogens is 220 g/mol. The molecule has 2 aromatic rings. The lowest BCUT2D eigenvalue weighted by Crippen LogP contribution is -2.27. The second-order valence-electron chi connectivity index (χ2n) is 4.85. The van der Waals surface area contributed by atoms with E-state index < -0.39 is 0 Å². The van der Waals surface area contributed by atoms with Crippen molar-refractivity contribution in [2.45, 2.75) is 33.2 Å². The summed E-state index contributed by atoms with van der Waals surface area (Å²) in [7, 11) is 0. The molecule has 0 aliphatic heterocycles. The largest absolute Gasteiger partial charge is 0.361 e. The van der Waals surface area contributed by atoms with Gasteiger partial charge in [0.15, 0.2) is 0 Å². The smallest absolute Gasteiger partial charge is 0.0460 e. The highest BCUT2D eigenvalue weighted by Gasteiger charge is 2.05. The second-order valence-corrected chi connectivity index (χ2v) is 4.85. The number of hydrogen-bond acceptors (Lipinski definition) is 1. The van der Waals surface area contributed by atoms with Gasteiger partial charge in [-0.15, -0.1) is 0 Å². The summed E-state index contributed by atoms with van der Waals surface area (Å²) in [5.41, 5.74) is 3.84. The van der Waals surface area contributed by atoms with Gasteiger partial charge in [0.25, 0.3) is 0 Å². The van der Waals surface area contributed by atoms with Crippen LogP contribution in [0.1, 0.15) is 32.8 Å². The Kier molecular flexibility index (Phi) is 4.21. The normalized spacial score (nSPS) is 14.1. The highest BCUT2D eigenvalue weighted by molar-refractivity contribution is 5.89. The van der Waals surface area contributed by atoms with Gasteiger partial charge in [-0.1, -0.05) is 36.8 Å². The van der Waals surface area contributed by atoms with Crippen LogP contribution in [0.25, 0.3) is 17.0 Å². The monoisotopic (exact) mass is 242 g/mol. The Morgan fingerprint density at radius 2 is 2.17 bits per heavy atom. The van der Waals surface area contributed by atoms with Gasteiger partial charge in [0, 0.05) is 23.1 Å². The molecule has 0 saturated heterocycles. The van der Waals surface area contributed by atoms with Crippen molar-refractivity contribution >= 4 is 17.0 Å². The minimum absolute atomic E-state index is 0.429. The van der Waals surface area contributed by atoms with Gasteiger partial charge in [0.1, 0.15) is 0 Å². The van der Waals surface area contributed by atoms with Gasteiger partial charge in [-0.3, -0.25) is 0 Å². The average Bonchev–Trinajstić information content (AvgIpc) is 2.79. The summed E-state index contributed by atoms with van der Waals surface area (Å²) in [5.74, 6) is 0. The van der Waals surface area contributed by atoms with E-state index in [0.29, 0.717) is 6.04 Å². The SMILES string of the molecule is CCCNC(C)/C(C)=C/c1c[nH]c2ccccc12. The maximum absolute atomic E-state index is 3.51. The lowest BCUT2D eigenvalue weighted by atomic mass is 10.1. The van der Waals surface area contributed by atoms with Gasteiger partial charge in [-0.25, -0.2) is 0 Å². The molecule has 2 heteroatoms. The van der Waals surface area contributed by atoms with E-state index in [-0.39, 0.29) is 0 Å². The summed E-state index contributed by atoms with van der Waals surface area (Å²) in [6, 6.07) is 8.85. The summed E-state index contributed by atoms with van der Waals surface area (Å²) in [6.45, 7) is 7.67. The predicted molar refractivity (Wildman–Crippen MR) is 79.7 cm³/mol. The van der Waals surface area contributed by atoms with Crippen LogP contribution in [-0.4, -0.2) is 17.6 Å². The number of aromatic amines is 1. The zero-order valence-electron chi connectivity index (χ0n) is 11.5. The van der Waals surface area contributed by atoms with Gasteiger partial charge >= 0.3 is 0 Å². The molecule has 0 aliphatic rings. The Morgan fingerprint density at radius 1 is 1.39 bits per heavy atom. The first kappa shape index (κ1) is 12.9. The number of aromatic nitrogens is 1. The molecule has 1 unspecified atom stereocenters. The molecule has 2 nitrogen and oxygen atoms in total. The van der Waals surface area contributed by atoms with Crippen LogP contribution in [0.4, 0.5) is 0 Å². The number of rotatable bonds is 5. The first-order valence-corrected chi connectivity index (χ1v) is 6.70. The van der Waals surface area contributed by atoms with Gasteiger partial charge in [-0.2, -0.15) is 0 Å². The van der Waals surface area contributed by atoms with Crippen molar-refractivity contribution in [3.63, 3.8) is 0 Å². The van der Waals surface area contributed by atoms with Gasteiger partial charge in [0.2, 0.25) is 0 Å². The third-order valence-corrected chi connectivity index (χ3v) is 3.39. The first-order valence-electron chi connectivity index (χ1n) is 6.70. The number of para-hydroxylation sites is 1. The highest BCUT2D eigenvalue weighted by Crippen LogP contribution is 2.20. The van der Waals surface area contributed by atoms with E-state index in [1.54, 1.807) is 0 Å². The van der Waals surface area contributed by atoms with Crippen molar-refractivity contribution in [1.82, 2.24) is 10.3 Å². The van der Waals surface area contributed by atoms with Crippen molar-refractivity contribution in [1.29, 1.82) is 0 Å². The molecule has 0 fully saturated rings. The molecule has 0 spiro atoms. The zero-order chi connectivity index (χ0) is 13.0. The topological polar surface area (TPSA) is 27.8 Å². The molecule has 2 N–H and O–H groups in total. The van der Waals surface area contributed by atoms with Crippen LogP contribution >= 0.6 is 0 Å². The molecular formula is C16H22N2. The number of benzene rings is 1. The van der Waals surface area contributed by atoms with Crippen molar-refractivity contribution in [2.24, 2.45) is 0 Å². The summed E-state index contributed by atoms with van der Waals surface area (Å²) in [6.07, 6.45) is 5.53. The summed E-state index contributed by atoms with van der Waals surface area (Å²) < 4.78 is 0. The fourth-order valence-electron chi connectivity index (χ4n) is 2.11. The molecule has 0 radical (unpaired) electrons. The molecule has 1 heterocycles. The molecule has 96 valence electrons. The maximum Gasteiger partial charge on any atom is 0.0460 e. The van der Waals surface area contributed by atoms with E-state index in [1.807, 2.05) is 0 Å². The van der Waals surface area contributed by atoms with E-state index in [1.165, 1.54) is 28.5 Å². The Balaban J connectivity index is 2.21. The van der Waals surface area contributed by atoms with Crippen molar-refractivity contribution < 1.29 is 0 Å². The second kappa shape index (κ2) is 5.87. The minimum atomic E-state index is 0.429. The lowest BCUT2D eigenvalue weighted by Gasteiger charge is -2.13. The van der Waals surface area contributed by atoms with Crippen molar-refractivity contribution in [3.05, 3.63) is 41.6 Å². The number of nitrogens with one attached hydrogen (secondary N) is 2. The first-order chi connectivity index (χ1) is 8.72. The Bertz CT molecular complexity index is 537. The predicted octanol–water partition coefficient (Wildman–Crippen LogP) is 3.96. The molecule has 1 aromatic heterocycles. The van der Waals surface area contributed by atoms with Crippen LogP contribution in [0.2, 0.25) is 0 Å². The summed E-state index contributed by atoms with van der Waals surface area (Å²) in [4.78, 5) is 3.31. The molecule has 18 heavy (non-hydrogen) atoms. The Hall–Kier alpha value is -1.54. The van der Waals surface area contributed by atoms with Gasteiger partial charge in [-0.05, 0) is 38.4 Å². The number of hydrogen-bond donors (Lipinski definition) is 2. The average molecular weight is 242 g/mol. The van der Waals surface area contributed by atoms with Crippen molar-refractivity contribution in [2.75, 3.05) is 6.54 Å². The minimum Gasteiger partial charge on any atom is -0.361 e. The molecule has 0 bridgehead atoms. The lowest BCUT2D eigenvalue weighted by molar-refractivity contribution is 0.604. The molecule has 1 aromatic carbocycles. The van der Waals surface area contributed by atoms with Crippen LogP contribution in [0.3, 0.4) is 0 Å². The highest BCUT2D eigenvalue weighted by atomic mass is 14.9. The maximum atomic E-state index is 3.51. The van der Waals surface area contributed by atoms with E-state index in [9.17, 15) is 0 Å². The van der Waals surface area contributed by atoms with Crippen molar-refractivity contribution in [3.8, 4) is 0 Å². The van der Waals surface area contributed by atoms with Crippen LogP contribution in [-0.2, 0) is 0 Å². The summed E-state index contributed by atoms with van der Waals surface area (Å²) >= 11 is 0. The standard InChI is InChI=1S/C16H22N2/c1-4-9-17-13(3)12(2)10-14-11-18-16-8-6-5-7-15(14)16/h5-8,10-11,13,17-18H,4,9H2,1-3H3/b12-10+. The van der Waals surface area contributed by atoms with E-state index >= 15 is 0 Å². The number of H-pyrrole nitrogens is 1. The molecule has 2 rings (SSSR count). The zero-order valence-corrected chi connectivity index (χ0v) is 11.5. The van der Waals surface area contributed by atoms with E-state index in [2.05, 4.69) is 67.6 Å². The number of fused-ring (bicyclic) bond motifs is 1. The molecule has 0 saturated carbocycles. The molecule has 0 aliphatic carbocycles. The quantitative estimate of drug-likeness (QED) is 0.816. The fraction of sp³-hybridized carbons (Fsp3) is 0.375. The van der Waals surface area contributed by atoms with Gasteiger partial charge < -0.3 is 10.3 Å². The molecule has 0 amide bonds.